The number of aromatic nitrogens is 3. The summed E-state index contributed by atoms with van der Waals surface area (Å²) in [6.45, 7) is 7.35. The van der Waals surface area contributed by atoms with Crippen LogP contribution in [-0.4, -0.2) is 57.0 Å². The lowest BCUT2D eigenvalue weighted by Crippen LogP contribution is -2.48. The first-order valence-corrected chi connectivity index (χ1v) is 12.3. The molecule has 1 saturated heterocycles. The molecule has 1 aliphatic carbocycles. The minimum absolute atomic E-state index is 0.00228. The van der Waals surface area contributed by atoms with Crippen LogP contribution in [0, 0.1) is 13.8 Å². The summed E-state index contributed by atoms with van der Waals surface area (Å²) in [4.78, 5) is 39.6. The number of nitrogens with one attached hydrogen (secondary N) is 1. The molecule has 1 amide bonds. The van der Waals surface area contributed by atoms with Gasteiger partial charge in [-0.2, -0.15) is 0 Å². The molecule has 0 aromatic carbocycles. The second-order valence-electron chi connectivity index (χ2n) is 8.86. The number of carbonyl (C=O) groups excluding carboxylic acids is 1. The molecule has 3 aromatic rings. The average molecular weight is 456 g/mol. The maximum atomic E-state index is 12.8. The Balaban J connectivity index is 1.18. The van der Waals surface area contributed by atoms with Gasteiger partial charge in [0, 0.05) is 43.0 Å². The van der Waals surface area contributed by atoms with E-state index in [1.54, 1.807) is 11.3 Å². The Morgan fingerprint density at radius 2 is 1.94 bits per heavy atom. The first kappa shape index (κ1) is 21.3. The molecule has 9 heteroatoms. The summed E-state index contributed by atoms with van der Waals surface area (Å²) in [6.07, 6.45) is 5.55. The van der Waals surface area contributed by atoms with Crippen LogP contribution in [0.25, 0.3) is 10.2 Å². The van der Waals surface area contributed by atoms with Crippen LogP contribution >= 0.6 is 11.3 Å². The zero-order valence-electron chi connectivity index (χ0n) is 18.7. The highest BCUT2D eigenvalue weighted by atomic mass is 32.1. The van der Waals surface area contributed by atoms with Gasteiger partial charge in [-0.15, -0.1) is 11.3 Å². The lowest BCUT2D eigenvalue weighted by atomic mass is 9.97. The molecular formula is C23H29N5O3S. The molecule has 0 saturated carbocycles. The molecule has 1 fully saturated rings. The van der Waals surface area contributed by atoms with E-state index in [0.29, 0.717) is 32.5 Å². The molecular weight excluding hydrogens is 426 g/mol. The van der Waals surface area contributed by atoms with E-state index in [9.17, 15) is 9.59 Å². The third-order valence-electron chi connectivity index (χ3n) is 6.74. The van der Waals surface area contributed by atoms with Crippen molar-refractivity contribution < 1.29 is 9.32 Å². The molecule has 4 heterocycles. The zero-order chi connectivity index (χ0) is 22.2. The fourth-order valence-corrected chi connectivity index (χ4v) is 6.18. The summed E-state index contributed by atoms with van der Waals surface area (Å²) in [7, 11) is 0. The van der Waals surface area contributed by atoms with Gasteiger partial charge in [0.15, 0.2) is 0 Å². The fraction of sp³-hybridized carbons (Fsp3) is 0.565. The Kier molecular flexibility index (Phi) is 5.86. The lowest BCUT2D eigenvalue weighted by molar-refractivity contribution is -0.133. The van der Waals surface area contributed by atoms with Gasteiger partial charge in [0.05, 0.1) is 17.6 Å². The summed E-state index contributed by atoms with van der Waals surface area (Å²) < 4.78 is 5.19. The van der Waals surface area contributed by atoms with E-state index in [2.05, 4.69) is 15.0 Å². The van der Waals surface area contributed by atoms with Crippen molar-refractivity contribution in [3.63, 3.8) is 0 Å². The van der Waals surface area contributed by atoms with E-state index in [1.165, 1.54) is 16.9 Å². The number of rotatable bonds is 5. The molecule has 0 bridgehead atoms. The number of aryl methyl sites for hydroxylation is 4. The van der Waals surface area contributed by atoms with Gasteiger partial charge in [-0.1, -0.05) is 5.16 Å². The second-order valence-corrected chi connectivity index (χ2v) is 9.95. The topological polar surface area (TPSA) is 95.3 Å². The number of carbonyl (C=O) groups is 1. The van der Waals surface area contributed by atoms with Crippen LogP contribution in [0.15, 0.2) is 9.32 Å². The predicted octanol–water partition coefficient (Wildman–Crippen LogP) is 2.75. The van der Waals surface area contributed by atoms with Gasteiger partial charge in [0.25, 0.3) is 5.56 Å². The van der Waals surface area contributed by atoms with Crippen LogP contribution < -0.4 is 5.56 Å². The van der Waals surface area contributed by atoms with Gasteiger partial charge < -0.3 is 14.4 Å². The summed E-state index contributed by atoms with van der Waals surface area (Å²) in [5.41, 5.74) is 3.13. The molecule has 8 nitrogen and oxygen atoms in total. The summed E-state index contributed by atoms with van der Waals surface area (Å²) in [5, 5.41) is 4.77. The van der Waals surface area contributed by atoms with Crippen molar-refractivity contribution in [3.8, 4) is 0 Å². The SMILES string of the molecule is Cc1noc(C)c1CCC(=O)N1CCN(Cc2nc3sc4c(c3c(=O)[nH]2)CCCC4)CC1. The first-order valence-electron chi connectivity index (χ1n) is 11.4. The van der Waals surface area contributed by atoms with Gasteiger partial charge in [-0.25, -0.2) is 4.98 Å². The maximum absolute atomic E-state index is 12.8. The van der Waals surface area contributed by atoms with Gasteiger partial charge in [0.1, 0.15) is 16.4 Å². The van der Waals surface area contributed by atoms with Crippen LogP contribution in [0.4, 0.5) is 0 Å². The largest absolute Gasteiger partial charge is 0.361 e. The zero-order valence-corrected chi connectivity index (χ0v) is 19.5. The van der Waals surface area contributed by atoms with E-state index in [-0.39, 0.29) is 11.5 Å². The highest BCUT2D eigenvalue weighted by Crippen LogP contribution is 2.33. The third-order valence-corrected chi connectivity index (χ3v) is 7.93. The molecule has 2 aliphatic rings. The van der Waals surface area contributed by atoms with Crippen molar-refractivity contribution in [2.75, 3.05) is 26.2 Å². The Hall–Kier alpha value is -2.52. The Morgan fingerprint density at radius 1 is 1.16 bits per heavy atom. The van der Waals surface area contributed by atoms with Crippen LogP contribution in [0.2, 0.25) is 0 Å². The van der Waals surface area contributed by atoms with Gasteiger partial charge >= 0.3 is 0 Å². The van der Waals surface area contributed by atoms with Crippen LogP contribution in [0.3, 0.4) is 0 Å². The van der Waals surface area contributed by atoms with Crippen molar-refractivity contribution in [2.24, 2.45) is 0 Å². The first-order chi connectivity index (χ1) is 15.5. The third kappa shape index (κ3) is 4.11. The smallest absolute Gasteiger partial charge is 0.259 e. The number of fused-ring (bicyclic) bond motifs is 3. The fourth-order valence-electron chi connectivity index (χ4n) is 4.90. The highest BCUT2D eigenvalue weighted by molar-refractivity contribution is 7.18. The number of aromatic amines is 1. The average Bonchev–Trinajstić information content (AvgIpc) is 3.32. The molecule has 1 aliphatic heterocycles. The molecule has 0 spiro atoms. The number of H-pyrrole nitrogens is 1. The normalized spacial score (nSPS) is 17.1. The number of hydrogen-bond acceptors (Lipinski definition) is 7. The number of amides is 1. The van der Waals surface area contributed by atoms with Crippen LogP contribution in [-0.2, 0) is 30.6 Å². The van der Waals surface area contributed by atoms with E-state index in [0.717, 1.165) is 65.4 Å². The summed E-state index contributed by atoms with van der Waals surface area (Å²) in [5.74, 6) is 1.69. The molecule has 3 aromatic heterocycles. The lowest BCUT2D eigenvalue weighted by Gasteiger charge is -2.34. The van der Waals surface area contributed by atoms with Crippen molar-refractivity contribution >= 4 is 27.5 Å². The quantitative estimate of drug-likeness (QED) is 0.636. The van der Waals surface area contributed by atoms with Crippen molar-refractivity contribution in [3.05, 3.63) is 43.6 Å². The molecule has 170 valence electrons. The second kappa shape index (κ2) is 8.78. The number of nitrogens with zero attached hydrogens (tertiary/aromatic N) is 4. The Bertz CT molecular complexity index is 1180. The predicted molar refractivity (Wildman–Crippen MR) is 123 cm³/mol. The van der Waals surface area contributed by atoms with Crippen molar-refractivity contribution in [1.82, 2.24) is 24.9 Å². The minimum atomic E-state index is -0.00228. The van der Waals surface area contributed by atoms with Crippen molar-refractivity contribution in [2.45, 2.75) is 58.9 Å². The van der Waals surface area contributed by atoms with Gasteiger partial charge in [0.2, 0.25) is 5.91 Å². The number of hydrogen-bond donors (Lipinski definition) is 1. The monoisotopic (exact) mass is 455 g/mol. The van der Waals surface area contributed by atoms with Crippen LogP contribution in [0.5, 0.6) is 0 Å². The standard InChI is InChI=1S/C23H29N5O3S/c1-14-16(15(2)31-26-14)7-8-20(29)28-11-9-27(10-12-28)13-19-24-22(30)21-17-5-3-4-6-18(17)32-23(21)25-19/h3-13H2,1-2H3,(H,24,25,30). The van der Waals surface area contributed by atoms with Crippen molar-refractivity contribution in [1.29, 1.82) is 0 Å². The van der Waals surface area contributed by atoms with E-state index in [1.807, 2.05) is 18.7 Å². The van der Waals surface area contributed by atoms with Gasteiger partial charge in [-0.05, 0) is 51.5 Å². The van der Waals surface area contributed by atoms with Gasteiger partial charge in [-0.3, -0.25) is 14.5 Å². The summed E-state index contributed by atoms with van der Waals surface area (Å²) in [6, 6.07) is 0. The number of piperazine rings is 1. The highest BCUT2D eigenvalue weighted by Gasteiger charge is 2.24. The van der Waals surface area contributed by atoms with Crippen LogP contribution in [0.1, 0.15) is 52.5 Å². The molecule has 0 unspecified atom stereocenters. The van der Waals surface area contributed by atoms with E-state index < -0.39 is 0 Å². The maximum Gasteiger partial charge on any atom is 0.259 e. The molecule has 32 heavy (non-hydrogen) atoms. The Labute approximate surface area is 190 Å². The molecule has 0 radical (unpaired) electrons. The molecule has 0 atom stereocenters. The molecule has 1 N–H and O–H groups in total. The Morgan fingerprint density at radius 3 is 2.69 bits per heavy atom. The van der Waals surface area contributed by atoms with E-state index >= 15 is 0 Å². The van der Waals surface area contributed by atoms with E-state index in [4.69, 9.17) is 9.51 Å². The molecule has 5 rings (SSSR count). The minimum Gasteiger partial charge on any atom is -0.361 e. The summed E-state index contributed by atoms with van der Waals surface area (Å²) >= 11 is 1.69. The number of thiophene rings is 1.